The number of hydrogen-bond acceptors (Lipinski definition) is 5. The maximum Gasteiger partial charge on any atom is 0.332 e. The van der Waals surface area contributed by atoms with Crippen LogP contribution >= 0.6 is 0 Å². The van der Waals surface area contributed by atoms with Gasteiger partial charge < -0.3 is 14.2 Å². The van der Waals surface area contributed by atoms with Gasteiger partial charge in [0.05, 0.1) is 13.2 Å². The van der Waals surface area contributed by atoms with E-state index in [0.717, 1.165) is 17.8 Å². The molecule has 0 amide bonds. The highest BCUT2D eigenvalue weighted by atomic mass is 16.5. The molecule has 0 bridgehead atoms. The number of aryl methyl sites for hydroxylation is 2. The average Bonchev–Trinajstić information content (AvgIpc) is 3.19. The summed E-state index contributed by atoms with van der Waals surface area (Å²) < 4.78 is 9.59. The minimum Gasteiger partial charge on any atom is -0.383 e. The summed E-state index contributed by atoms with van der Waals surface area (Å²) in [5, 5.41) is 0. The van der Waals surface area contributed by atoms with Crippen molar-refractivity contribution in [3.05, 3.63) is 50.7 Å². The Morgan fingerprint density at radius 1 is 1.23 bits per heavy atom. The lowest BCUT2D eigenvalue weighted by Gasteiger charge is -2.16. The molecule has 0 N–H and O–H groups in total. The molecule has 0 saturated heterocycles. The van der Waals surface area contributed by atoms with E-state index in [9.17, 15) is 9.59 Å². The summed E-state index contributed by atoms with van der Waals surface area (Å²) in [7, 11) is 3.19. The lowest BCUT2D eigenvalue weighted by atomic mass is 10.2. The highest BCUT2D eigenvalue weighted by Gasteiger charge is 2.28. The van der Waals surface area contributed by atoms with Gasteiger partial charge in [-0.05, 0) is 24.6 Å². The molecule has 136 valence electrons. The second kappa shape index (κ2) is 6.14. The standard InChI is InChI=1S/C18H21N5O3/c1-12-5-4-6-13(11-12)21-7-8-22-14-15(19-17(21)22)20(2)18(25)23(16(14)24)9-10-26-3/h4-6,11H,7-10H2,1-3H3. The number of methoxy groups -OCH3 is 1. The fourth-order valence-electron chi connectivity index (χ4n) is 3.50. The third kappa shape index (κ3) is 2.37. The first kappa shape index (κ1) is 16.6. The summed E-state index contributed by atoms with van der Waals surface area (Å²) in [6.07, 6.45) is 0. The minimum absolute atomic E-state index is 0.222. The van der Waals surface area contributed by atoms with Gasteiger partial charge in [-0.3, -0.25) is 13.9 Å². The van der Waals surface area contributed by atoms with Crippen LogP contribution in [0.15, 0.2) is 33.9 Å². The van der Waals surface area contributed by atoms with Gasteiger partial charge in [0, 0.05) is 32.9 Å². The molecule has 1 aromatic carbocycles. The second-order valence-electron chi connectivity index (χ2n) is 6.52. The second-order valence-corrected chi connectivity index (χ2v) is 6.52. The van der Waals surface area contributed by atoms with Gasteiger partial charge >= 0.3 is 5.69 Å². The molecule has 0 saturated carbocycles. The number of benzene rings is 1. The van der Waals surface area contributed by atoms with Gasteiger partial charge in [-0.2, -0.15) is 4.98 Å². The summed E-state index contributed by atoms with van der Waals surface area (Å²) in [6, 6.07) is 8.16. The molecule has 0 spiro atoms. The van der Waals surface area contributed by atoms with E-state index in [1.165, 1.54) is 9.13 Å². The zero-order valence-corrected chi connectivity index (χ0v) is 15.1. The van der Waals surface area contributed by atoms with Gasteiger partial charge in [-0.1, -0.05) is 12.1 Å². The molecule has 0 fully saturated rings. The topological polar surface area (TPSA) is 74.3 Å². The number of rotatable bonds is 4. The van der Waals surface area contributed by atoms with Crippen LogP contribution in [-0.4, -0.2) is 38.9 Å². The van der Waals surface area contributed by atoms with E-state index < -0.39 is 0 Å². The zero-order chi connectivity index (χ0) is 18.4. The van der Waals surface area contributed by atoms with Crippen molar-refractivity contribution in [2.24, 2.45) is 7.05 Å². The van der Waals surface area contributed by atoms with Crippen molar-refractivity contribution < 1.29 is 4.74 Å². The number of ether oxygens (including phenoxy) is 1. The van der Waals surface area contributed by atoms with Crippen LogP contribution in [0.4, 0.5) is 11.6 Å². The van der Waals surface area contributed by atoms with E-state index in [1.54, 1.807) is 14.2 Å². The molecule has 4 rings (SSSR count). The number of imidazole rings is 1. The monoisotopic (exact) mass is 355 g/mol. The molecule has 1 aliphatic heterocycles. The Morgan fingerprint density at radius 2 is 2.04 bits per heavy atom. The van der Waals surface area contributed by atoms with Crippen molar-refractivity contribution in [1.82, 2.24) is 18.7 Å². The summed E-state index contributed by atoms with van der Waals surface area (Å²) in [4.78, 5) is 32.2. The largest absolute Gasteiger partial charge is 0.383 e. The smallest absolute Gasteiger partial charge is 0.332 e. The van der Waals surface area contributed by atoms with Crippen molar-refractivity contribution in [3.63, 3.8) is 0 Å². The highest BCUT2D eigenvalue weighted by Crippen LogP contribution is 2.31. The number of anilines is 2. The molecular formula is C18H21N5O3. The first-order valence-electron chi connectivity index (χ1n) is 8.56. The van der Waals surface area contributed by atoms with Gasteiger partial charge in [0.2, 0.25) is 5.95 Å². The molecular weight excluding hydrogens is 334 g/mol. The van der Waals surface area contributed by atoms with E-state index in [-0.39, 0.29) is 17.8 Å². The Bertz CT molecular complexity index is 1110. The highest BCUT2D eigenvalue weighted by molar-refractivity contribution is 5.77. The van der Waals surface area contributed by atoms with E-state index >= 15 is 0 Å². The minimum atomic E-state index is -0.376. The molecule has 0 atom stereocenters. The van der Waals surface area contributed by atoms with Gasteiger partial charge in [-0.25, -0.2) is 4.79 Å². The van der Waals surface area contributed by atoms with Gasteiger partial charge in [0.1, 0.15) is 0 Å². The Kier molecular flexibility index (Phi) is 3.91. The van der Waals surface area contributed by atoms with Crippen LogP contribution in [0, 0.1) is 6.92 Å². The first-order valence-corrected chi connectivity index (χ1v) is 8.56. The lowest BCUT2D eigenvalue weighted by Crippen LogP contribution is -2.40. The van der Waals surface area contributed by atoms with E-state index in [2.05, 4.69) is 16.0 Å². The summed E-state index contributed by atoms with van der Waals surface area (Å²) in [6.45, 7) is 3.96. The first-order chi connectivity index (χ1) is 12.5. The fraction of sp³-hybridized carbons (Fsp3) is 0.389. The average molecular weight is 355 g/mol. The quantitative estimate of drug-likeness (QED) is 0.698. The van der Waals surface area contributed by atoms with Crippen molar-refractivity contribution >= 4 is 22.8 Å². The number of aromatic nitrogens is 4. The van der Waals surface area contributed by atoms with Gasteiger partial charge in [-0.15, -0.1) is 0 Å². The van der Waals surface area contributed by atoms with Gasteiger partial charge in [0.25, 0.3) is 5.56 Å². The van der Waals surface area contributed by atoms with E-state index in [4.69, 9.17) is 4.74 Å². The van der Waals surface area contributed by atoms with Crippen LogP contribution < -0.4 is 16.1 Å². The van der Waals surface area contributed by atoms with Crippen LogP contribution in [0.5, 0.6) is 0 Å². The van der Waals surface area contributed by atoms with Crippen LogP contribution in [0.1, 0.15) is 5.56 Å². The predicted octanol–water partition coefficient (Wildman–Crippen LogP) is 1.00. The SMILES string of the molecule is COCCn1c(=O)c2c(nc3n2CCN3c2cccc(C)c2)n(C)c1=O. The van der Waals surface area contributed by atoms with E-state index in [1.807, 2.05) is 29.7 Å². The molecule has 2 aromatic heterocycles. The normalized spacial score (nSPS) is 13.6. The Labute approximate surface area is 149 Å². The number of fused-ring (bicyclic) bond motifs is 3. The third-order valence-corrected chi connectivity index (χ3v) is 4.83. The summed E-state index contributed by atoms with van der Waals surface area (Å²) in [5.41, 5.74) is 2.38. The Hall–Kier alpha value is -2.87. The Balaban J connectivity index is 1.92. The number of nitrogens with zero attached hydrogens (tertiary/aromatic N) is 5. The van der Waals surface area contributed by atoms with Crippen molar-refractivity contribution in [1.29, 1.82) is 0 Å². The van der Waals surface area contributed by atoms with Crippen molar-refractivity contribution in [2.75, 3.05) is 25.2 Å². The maximum atomic E-state index is 12.9. The predicted molar refractivity (Wildman–Crippen MR) is 99.3 cm³/mol. The van der Waals surface area contributed by atoms with Crippen molar-refractivity contribution in [3.8, 4) is 0 Å². The summed E-state index contributed by atoms with van der Waals surface area (Å²) >= 11 is 0. The molecule has 0 aliphatic carbocycles. The van der Waals surface area contributed by atoms with Crippen LogP contribution in [0.2, 0.25) is 0 Å². The van der Waals surface area contributed by atoms with Crippen LogP contribution in [0.3, 0.4) is 0 Å². The van der Waals surface area contributed by atoms with Crippen molar-refractivity contribution in [2.45, 2.75) is 20.0 Å². The molecule has 1 aliphatic rings. The molecule has 8 heteroatoms. The molecule has 0 unspecified atom stereocenters. The molecule has 26 heavy (non-hydrogen) atoms. The molecule has 0 radical (unpaired) electrons. The maximum absolute atomic E-state index is 12.9. The molecule has 3 aromatic rings. The summed E-state index contributed by atoms with van der Waals surface area (Å²) in [5.74, 6) is 0.696. The van der Waals surface area contributed by atoms with Crippen LogP contribution in [-0.2, 0) is 24.9 Å². The lowest BCUT2D eigenvalue weighted by molar-refractivity contribution is 0.184. The van der Waals surface area contributed by atoms with E-state index in [0.29, 0.717) is 30.3 Å². The number of hydrogen-bond donors (Lipinski definition) is 0. The third-order valence-electron chi connectivity index (χ3n) is 4.83. The van der Waals surface area contributed by atoms with Gasteiger partial charge in [0.15, 0.2) is 11.2 Å². The zero-order valence-electron chi connectivity index (χ0n) is 15.1. The van der Waals surface area contributed by atoms with Crippen LogP contribution in [0.25, 0.3) is 11.2 Å². The fourth-order valence-corrected chi connectivity index (χ4v) is 3.50. The Morgan fingerprint density at radius 3 is 2.77 bits per heavy atom. The molecule has 3 heterocycles. The molecule has 8 nitrogen and oxygen atoms in total.